The van der Waals surface area contributed by atoms with Crippen molar-refractivity contribution in [2.45, 2.75) is 5.51 Å². The lowest BCUT2D eigenvalue weighted by Crippen LogP contribution is -2.26. The van der Waals surface area contributed by atoms with E-state index in [0.717, 1.165) is 18.6 Å². The Labute approximate surface area is 81.9 Å². The fourth-order valence-electron chi connectivity index (χ4n) is 0.600. The SMILES string of the molecule is O=S(=O)(/N=C(\[O-])c1ccoc1)C(F)(F)F. The van der Waals surface area contributed by atoms with Crippen LogP contribution in [0.15, 0.2) is 27.4 Å². The summed E-state index contributed by atoms with van der Waals surface area (Å²) in [5.41, 5.74) is -5.95. The zero-order valence-electron chi connectivity index (χ0n) is 6.85. The molecule has 0 fully saturated rings. The Kier molecular flexibility index (Phi) is 2.75. The fourth-order valence-corrected chi connectivity index (χ4v) is 1.03. The quantitative estimate of drug-likeness (QED) is 0.549. The molecular formula is C6H3F3NO4S-. The third-order valence-corrected chi connectivity index (χ3v) is 2.25. The highest BCUT2D eigenvalue weighted by Crippen LogP contribution is 2.24. The Hall–Kier alpha value is -1.51. The number of halogens is 3. The van der Waals surface area contributed by atoms with Gasteiger partial charge in [-0.15, -0.1) is 0 Å². The third kappa shape index (κ3) is 2.49. The first-order chi connectivity index (χ1) is 6.74. The molecule has 0 N–H and O–H groups in total. The van der Waals surface area contributed by atoms with E-state index in [1.807, 2.05) is 0 Å². The Balaban J connectivity index is 3.10. The fraction of sp³-hybridized carbons (Fsp3) is 0.167. The van der Waals surface area contributed by atoms with E-state index < -0.39 is 21.4 Å². The van der Waals surface area contributed by atoms with E-state index in [9.17, 15) is 26.7 Å². The molecule has 0 aliphatic heterocycles. The van der Waals surface area contributed by atoms with Crippen LogP contribution in [0.5, 0.6) is 0 Å². The van der Waals surface area contributed by atoms with Crippen molar-refractivity contribution in [1.29, 1.82) is 0 Å². The van der Waals surface area contributed by atoms with Gasteiger partial charge in [-0.2, -0.15) is 26.0 Å². The molecule has 0 saturated heterocycles. The number of hydrogen-bond donors (Lipinski definition) is 0. The van der Waals surface area contributed by atoms with Crippen LogP contribution in [0.1, 0.15) is 5.56 Å². The maximum atomic E-state index is 11.8. The number of rotatable bonds is 2. The van der Waals surface area contributed by atoms with Crippen molar-refractivity contribution in [3.05, 3.63) is 24.2 Å². The molecule has 9 heteroatoms. The molecule has 0 aromatic carbocycles. The van der Waals surface area contributed by atoms with Crippen LogP contribution in [0.4, 0.5) is 13.2 Å². The molecule has 0 atom stereocenters. The highest BCUT2D eigenvalue weighted by molar-refractivity contribution is 7.91. The number of alkyl halides is 3. The molecule has 0 aliphatic rings. The van der Waals surface area contributed by atoms with Crippen LogP contribution in [0, 0.1) is 0 Å². The average molecular weight is 242 g/mol. The van der Waals surface area contributed by atoms with Gasteiger partial charge < -0.3 is 9.52 Å². The van der Waals surface area contributed by atoms with Gasteiger partial charge in [0.2, 0.25) is 0 Å². The van der Waals surface area contributed by atoms with Crippen LogP contribution >= 0.6 is 0 Å². The van der Waals surface area contributed by atoms with E-state index in [4.69, 9.17) is 0 Å². The summed E-state index contributed by atoms with van der Waals surface area (Å²) in [6, 6.07) is 0.998. The minimum absolute atomic E-state index is 0.372. The van der Waals surface area contributed by atoms with Crippen LogP contribution in [0.25, 0.3) is 0 Å². The summed E-state index contributed by atoms with van der Waals surface area (Å²) in [5, 5.41) is 10.9. The summed E-state index contributed by atoms with van der Waals surface area (Å²) in [5.74, 6) is -1.53. The van der Waals surface area contributed by atoms with E-state index in [1.165, 1.54) is 0 Å². The molecule has 1 aromatic heterocycles. The van der Waals surface area contributed by atoms with Crippen molar-refractivity contribution in [3.63, 3.8) is 0 Å². The van der Waals surface area contributed by atoms with Gasteiger partial charge in [0.25, 0.3) is 0 Å². The summed E-state index contributed by atoms with van der Waals surface area (Å²) in [6.07, 6.45) is 1.79. The van der Waals surface area contributed by atoms with Crippen molar-refractivity contribution in [1.82, 2.24) is 0 Å². The second-order valence-corrected chi connectivity index (χ2v) is 3.92. The zero-order chi connectivity index (χ0) is 11.7. The first-order valence-corrected chi connectivity index (χ1v) is 4.79. The Morgan fingerprint density at radius 3 is 2.47 bits per heavy atom. The normalized spacial score (nSPS) is 14.2. The monoisotopic (exact) mass is 242 g/mol. The van der Waals surface area contributed by atoms with Gasteiger partial charge in [0, 0.05) is 11.5 Å². The van der Waals surface area contributed by atoms with Crippen LogP contribution in [0.3, 0.4) is 0 Å². The molecule has 0 unspecified atom stereocenters. The largest absolute Gasteiger partial charge is 0.858 e. The second-order valence-electron chi connectivity index (χ2n) is 2.33. The molecule has 1 aromatic rings. The third-order valence-electron chi connectivity index (χ3n) is 1.26. The van der Waals surface area contributed by atoms with Crippen molar-refractivity contribution in [2.24, 2.45) is 4.40 Å². The first kappa shape index (κ1) is 11.6. The Bertz CT molecular complexity index is 459. The predicted molar refractivity (Wildman–Crippen MR) is 40.2 cm³/mol. The molecule has 1 rings (SSSR count). The molecular weight excluding hydrogens is 239 g/mol. The van der Waals surface area contributed by atoms with Crippen LogP contribution in [-0.4, -0.2) is 19.8 Å². The van der Waals surface area contributed by atoms with E-state index in [1.54, 1.807) is 0 Å². The molecule has 5 nitrogen and oxygen atoms in total. The smallest absolute Gasteiger partial charge is 0.518 e. The summed E-state index contributed by atoms with van der Waals surface area (Å²) in [4.78, 5) is 0. The van der Waals surface area contributed by atoms with Crippen molar-refractivity contribution >= 4 is 15.9 Å². The number of furan rings is 1. The van der Waals surface area contributed by atoms with Gasteiger partial charge in [0.1, 0.15) is 0 Å². The molecule has 0 spiro atoms. The molecule has 0 aliphatic carbocycles. The van der Waals surface area contributed by atoms with Gasteiger partial charge in [-0.25, -0.2) is 0 Å². The van der Waals surface area contributed by atoms with Gasteiger partial charge in [0.05, 0.1) is 12.5 Å². The predicted octanol–water partition coefficient (Wildman–Crippen LogP) is 0.236. The second kappa shape index (κ2) is 3.57. The molecule has 0 bridgehead atoms. The molecule has 84 valence electrons. The standard InChI is InChI=1S/C6H4F3NO4S/c7-6(8,9)15(12,13)10-5(11)4-1-2-14-3-4/h1-3H,(H,10,11)/p-1. The van der Waals surface area contributed by atoms with Gasteiger partial charge in [-0.1, -0.05) is 0 Å². The number of sulfonamides is 1. The van der Waals surface area contributed by atoms with E-state index in [2.05, 4.69) is 8.81 Å². The number of hydrogen-bond acceptors (Lipinski definition) is 4. The zero-order valence-corrected chi connectivity index (χ0v) is 7.67. The minimum atomic E-state index is -5.79. The van der Waals surface area contributed by atoms with Gasteiger partial charge in [-0.05, 0) is 6.07 Å². The molecule has 15 heavy (non-hydrogen) atoms. The van der Waals surface area contributed by atoms with Crippen LogP contribution in [-0.2, 0) is 10.0 Å². The van der Waals surface area contributed by atoms with Gasteiger partial charge in [0.15, 0.2) is 0 Å². The van der Waals surface area contributed by atoms with E-state index >= 15 is 0 Å². The molecule has 0 amide bonds. The molecule has 0 saturated carbocycles. The maximum Gasteiger partial charge on any atom is 0.518 e. The van der Waals surface area contributed by atoms with Crippen molar-refractivity contribution in [2.75, 3.05) is 0 Å². The Morgan fingerprint density at radius 1 is 1.47 bits per heavy atom. The van der Waals surface area contributed by atoms with Crippen LogP contribution < -0.4 is 5.11 Å². The maximum absolute atomic E-state index is 11.8. The van der Waals surface area contributed by atoms with Crippen molar-refractivity contribution in [3.8, 4) is 0 Å². The number of nitrogens with zero attached hydrogens (tertiary/aromatic N) is 1. The Morgan fingerprint density at radius 2 is 2.07 bits per heavy atom. The summed E-state index contributed by atoms with van der Waals surface area (Å²) >= 11 is 0. The topological polar surface area (TPSA) is 82.7 Å². The van der Waals surface area contributed by atoms with Crippen LogP contribution in [0.2, 0.25) is 0 Å². The minimum Gasteiger partial charge on any atom is -0.858 e. The first-order valence-electron chi connectivity index (χ1n) is 3.35. The lowest BCUT2D eigenvalue weighted by Gasteiger charge is -2.09. The van der Waals surface area contributed by atoms with Crippen molar-refractivity contribution < 1.29 is 31.1 Å². The van der Waals surface area contributed by atoms with E-state index in [0.29, 0.717) is 0 Å². The average Bonchev–Trinajstić information content (AvgIpc) is 2.51. The molecule has 0 radical (unpaired) electrons. The van der Waals surface area contributed by atoms with Gasteiger partial charge >= 0.3 is 15.5 Å². The lowest BCUT2D eigenvalue weighted by atomic mass is 10.3. The highest BCUT2D eigenvalue weighted by Gasteiger charge is 2.45. The summed E-state index contributed by atoms with van der Waals surface area (Å²) in [6.45, 7) is 0. The lowest BCUT2D eigenvalue weighted by molar-refractivity contribution is -0.212. The van der Waals surface area contributed by atoms with E-state index in [-0.39, 0.29) is 5.56 Å². The summed E-state index contributed by atoms with van der Waals surface area (Å²) in [7, 11) is -5.79. The summed E-state index contributed by atoms with van der Waals surface area (Å²) < 4.78 is 62.6. The highest BCUT2D eigenvalue weighted by atomic mass is 32.2. The van der Waals surface area contributed by atoms with Gasteiger partial charge in [-0.3, -0.25) is 0 Å². The molecule has 1 heterocycles.